The average molecular weight is 287 g/mol. The number of aromatic nitrogens is 2. The standard InChI is InChI=1S/C16H21N3O2/c1-16(2,3)19-10-13-8-17-15(18-9-13)21-14-6-4-12(11-20)5-7-14/h4-9,19-20H,10-11H2,1-3H3. The fraction of sp³-hybridized carbons (Fsp3) is 0.375. The van der Waals surface area contributed by atoms with Crippen molar-refractivity contribution in [2.24, 2.45) is 0 Å². The quantitative estimate of drug-likeness (QED) is 0.885. The van der Waals surface area contributed by atoms with E-state index in [9.17, 15) is 0 Å². The smallest absolute Gasteiger partial charge is 0.321 e. The highest BCUT2D eigenvalue weighted by Gasteiger charge is 2.09. The van der Waals surface area contributed by atoms with Crippen LogP contribution >= 0.6 is 0 Å². The average Bonchev–Trinajstić information content (AvgIpc) is 2.46. The summed E-state index contributed by atoms with van der Waals surface area (Å²) in [5.41, 5.74) is 1.91. The van der Waals surface area contributed by atoms with Crippen LogP contribution in [-0.2, 0) is 13.2 Å². The number of hydrogen-bond acceptors (Lipinski definition) is 5. The molecule has 0 saturated carbocycles. The molecule has 2 rings (SSSR count). The Morgan fingerprint density at radius 3 is 2.19 bits per heavy atom. The highest BCUT2D eigenvalue weighted by molar-refractivity contribution is 5.28. The van der Waals surface area contributed by atoms with Crippen molar-refractivity contribution in [3.8, 4) is 11.8 Å². The predicted octanol–water partition coefficient (Wildman–Crippen LogP) is 2.65. The Kier molecular flexibility index (Phi) is 4.88. The first kappa shape index (κ1) is 15.4. The second-order valence-electron chi connectivity index (χ2n) is 5.88. The fourth-order valence-electron chi connectivity index (χ4n) is 1.62. The van der Waals surface area contributed by atoms with Gasteiger partial charge >= 0.3 is 6.01 Å². The third-order valence-electron chi connectivity index (χ3n) is 2.82. The maximum absolute atomic E-state index is 8.98. The third kappa shape index (κ3) is 5.13. The van der Waals surface area contributed by atoms with Crippen LogP contribution in [0.3, 0.4) is 0 Å². The maximum Gasteiger partial charge on any atom is 0.321 e. The van der Waals surface area contributed by atoms with Crippen LogP contribution in [0, 0.1) is 0 Å². The van der Waals surface area contributed by atoms with Crippen molar-refractivity contribution in [3.63, 3.8) is 0 Å². The van der Waals surface area contributed by atoms with Crippen molar-refractivity contribution in [3.05, 3.63) is 47.8 Å². The highest BCUT2D eigenvalue weighted by Crippen LogP contribution is 2.18. The van der Waals surface area contributed by atoms with Crippen LogP contribution in [0.25, 0.3) is 0 Å². The van der Waals surface area contributed by atoms with Crippen molar-refractivity contribution in [2.75, 3.05) is 0 Å². The maximum atomic E-state index is 8.98. The number of ether oxygens (including phenoxy) is 1. The fourth-order valence-corrected chi connectivity index (χ4v) is 1.62. The van der Waals surface area contributed by atoms with Crippen molar-refractivity contribution in [2.45, 2.75) is 39.5 Å². The summed E-state index contributed by atoms with van der Waals surface area (Å²) >= 11 is 0. The first-order chi connectivity index (χ1) is 9.96. The van der Waals surface area contributed by atoms with Gasteiger partial charge in [0.1, 0.15) is 5.75 Å². The molecule has 0 aliphatic heterocycles. The summed E-state index contributed by atoms with van der Waals surface area (Å²) in [5.74, 6) is 0.646. The van der Waals surface area contributed by atoms with E-state index in [2.05, 4.69) is 36.1 Å². The number of nitrogens with one attached hydrogen (secondary N) is 1. The predicted molar refractivity (Wildman–Crippen MR) is 81.1 cm³/mol. The van der Waals surface area contributed by atoms with E-state index in [0.717, 1.165) is 17.7 Å². The third-order valence-corrected chi connectivity index (χ3v) is 2.82. The van der Waals surface area contributed by atoms with E-state index >= 15 is 0 Å². The van der Waals surface area contributed by atoms with Gasteiger partial charge in [0, 0.05) is 30.0 Å². The molecule has 0 fully saturated rings. The number of rotatable bonds is 5. The summed E-state index contributed by atoms with van der Waals surface area (Å²) < 4.78 is 5.55. The van der Waals surface area contributed by atoms with Gasteiger partial charge in [0.05, 0.1) is 6.61 Å². The Labute approximate surface area is 125 Å². The number of aliphatic hydroxyl groups is 1. The minimum atomic E-state index is 0.0201. The first-order valence-electron chi connectivity index (χ1n) is 6.90. The van der Waals surface area contributed by atoms with Crippen LogP contribution < -0.4 is 10.1 Å². The molecule has 0 spiro atoms. The zero-order valence-electron chi connectivity index (χ0n) is 12.6. The van der Waals surface area contributed by atoms with Gasteiger partial charge in [-0.15, -0.1) is 0 Å². The molecule has 0 radical (unpaired) electrons. The van der Waals surface area contributed by atoms with Gasteiger partial charge in [0.2, 0.25) is 0 Å². The Balaban J connectivity index is 1.95. The lowest BCUT2D eigenvalue weighted by molar-refractivity contribution is 0.281. The van der Waals surface area contributed by atoms with Gasteiger partial charge in [-0.05, 0) is 38.5 Å². The van der Waals surface area contributed by atoms with Gasteiger partial charge in [-0.25, -0.2) is 9.97 Å². The zero-order chi connectivity index (χ0) is 15.3. The van der Waals surface area contributed by atoms with Crippen molar-refractivity contribution >= 4 is 0 Å². The van der Waals surface area contributed by atoms with E-state index in [1.165, 1.54) is 0 Å². The molecule has 5 heteroatoms. The van der Waals surface area contributed by atoms with E-state index < -0.39 is 0 Å². The van der Waals surface area contributed by atoms with Crippen LogP contribution in [0.4, 0.5) is 0 Å². The Hall–Kier alpha value is -1.98. The normalized spacial score (nSPS) is 11.4. The van der Waals surface area contributed by atoms with Crippen LogP contribution in [0.2, 0.25) is 0 Å². The van der Waals surface area contributed by atoms with E-state index in [1.54, 1.807) is 36.7 Å². The van der Waals surface area contributed by atoms with E-state index in [1.807, 2.05) is 0 Å². The number of benzene rings is 1. The molecular formula is C16H21N3O2. The molecule has 0 aliphatic rings. The van der Waals surface area contributed by atoms with E-state index in [0.29, 0.717) is 11.8 Å². The molecule has 0 bridgehead atoms. The lowest BCUT2D eigenvalue weighted by Gasteiger charge is -2.20. The van der Waals surface area contributed by atoms with Crippen LogP contribution in [0.1, 0.15) is 31.9 Å². The Morgan fingerprint density at radius 2 is 1.67 bits per heavy atom. The molecule has 1 aromatic heterocycles. The summed E-state index contributed by atoms with van der Waals surface area (Å²) in [6.45, 7) is 7.07. The van der Waals surface area contributed by atoms with Crippen molar-refractivity contribution < 1.29 is 9.84 Å². The Morgan fingerprint density at radius 1 is 1.05 bits per heavy atom. The second-order valence-corrected chi connectivity index (χ2v) is 5.88. The molecule has 0 saturated heterocycles. The van der Waals surface area contributed by atoms with E-state index in [-0.39, 0.29) is 12.1 Å². The summed E-state index contributed by atoms with van der Waals surface area (Å²) in [6, 6.07) is 7.48. The van der Waals surface area contributed by atoms with Crippen LogP contribution in [0.5, 0.6) is 11.8 Å². The lowest BCUT2D eigenvalue weighted by Crippen LogP contribution is -2.35. The van der Waals surface area contributed by atoms with Gasteiger partial charge in [0.15, 0.2) is 0 Å². The van der Waals surface area contributed by atoms with Gasteiger partial charge in [-0.1, -0.05) is 12.1 Å². The molecule has 0 atom stereocenters. The zero-order valence-corrected chi connectivity index (χ0v) is 12.6. The summed E-state index contributed by atoms with van der Waals surface area (Å²) in [4.78, 5) is 8.39. The minimum Gasteiger partial charge on any atom is -0.424 e. The van der Waals surface area contributed by atoms with Crippen molar-refractivity contribution in [1.29, 1.82) is 0 Å². The summed E-state index contributed by atoms with van der Waals surface area (Å²) in [5, 5.41) is 12.4. The van der Waals surface area contributed by atoms with Gasteiger partial charge in [0.25, 0.3) is 0 Å². The van der Waals surface area contributed by atoms with Gasteiger partial charge < -0.3 is 15.2 Å². The molecule has 1 aromatic carbocycles. The lowest BCUT2D eigenvalue weighted by atomic mass is 10.1. The van der Waals surface area contributed by atoms with Crippen LogP contribution in [-0.4, -0.2) is 20.6 Å². The van der Waals surface area contributed by atoms with Gasteiger partial charge in [-0.2, -0.15) is 0 Å². The molecule has 1 heterocycles. The molecule has 2 aromatic rings. The molecule has 0 amide bonds. The van der Waals surface area contributed by atoms with E-state index in [4.69, 9.17) is 9.84 Å². The SMILES string of the molecule is CC(C)(C)NCc1cnc(Oc2ccc(CO)cc2)nc1. The number of aliphatic hydroxyl groups excluding tert-OH is 1. The largest absolute Gasteiger partial charge is 0.424 e. The Bertz CT molecular complexity index is 560. The molecule has 2 N–H and O–H groups in total. The molecule has 0 unspecified atom stereocenters. The molecular weight excluding hydrogens is 266 g/mol. The minimum absolute atomic E-state index is 0.0201. The highest BCUT2D eigenvalue weighted by atomic mass is 16.5. The monoisotopic (exact) mass is 287 g/mol. The molecule has 112 valence electrons. The molecule has 0 aliphatic carbocycles. The number of nitrogens with zero attached hydrogens (tertiary/aromatic N) is 2. The number of hydrogen-bond donors (Lipinski definition) is 2. The summed E-state index contributed by atoms with van der Waals surface area (Å²) in [7, 11) is 0. The second kappa shape index (κ2) is 6.65. The van der Waals surface area contributed by atoms with Crippen molar-refractivity contribution in [1.82, 2.24) is 15.3 Å². The first-order valence-corrected chi connectivity index (χ1v) is 6.90. The molecule has 21 heavy (non-hydrogen) atoms. The summed E-state index contributed by atoms with van der Waals surface area (Å²) in [6.07, 6.45) is 3.51. The molecule has 5 nitrogen and oxygen atoms in total. The topological polar surface area (TPSA) is 67.3 Å². The van der Waals surface area contributed by atoms with Crippen LogP contribution in [0.15, 0.2) is 36.7 Å². The van der Waals surface area contributed by atoms with Gasteiger partial charge in [-0.3, -0.25) is 0 Å².